The number of thiazole rings is 1. The molecule has 0 atom stereocenters. The van der Waals surface area contributed by atoms with Crippen LogP contribution >= 0.6 is 11.3 Å². The topological polar surface area (TPSA) is 52.2 Å². The third kappa shape index (κ3) is 3.13. The van der Waals surface area contributed by atoms with Gasteiger partial charge in [-0.15, -0.1) is 6.42 Å². The molecule has 0 saturated heterocycles. The van der Waals surface area contributed by atoms with Crippen LogP contribution in [0.15, 0.2) is 29.3 Å². The number of benzene rings is 1. The first kappa shape index (κ1) is 17.1. The lowest BCUT2D eigenvalue weighted by Gasteiger charge is -2.06. The SMILES string of the molecule is C#CCn1c(=NC(=O)c2cc(C)n(C(C)C)n2)sc2cccc(F)c21. The van der Waals surface area contributed by atoms with Crippen molar-refractivity contribution in [3.05, 3.63) is 46.3 Å². The van der Waals surface area contributed by atoms with E-state index in [1.54, 1.807) is 27.4 Å². The summed E-state index contributed by atoms with van der Waals surface area (Å²) in [6, 6.07) is 6.60. The number of halogens is 1. The molecular weight excluding hydrogens is 339 g/mol. The summed E-state index contributed by atoms with van der Waals surface area (Å²) in [5.41, 5.74) is 1.50. The second-order valence-corrected chi connectivity index (χ2v) is 6.90. The molecule has 0 N–H and O–H groups in total. The zero-order valence-electron chi connectivity index (χ0n) is 14.2. The normalized spacial score (nSPS) is 12.1. The molecule has 0 bridgehead atoms. The molecule has 0 unspecified atom stereocenters. The number of aryl methyl sites for hydroxylation is 1. The fourth-order valence-corrected chi connectivity index (χ4v) is 3.71. The number of terminal acetylenes is 1. The number of carbonyl (C=O) groups excluding carboxylic acids is 1. The molecule has 25 heavy (non-hydrogen) atoms. The first-order valence-corrected chi connectivity index (χ1v) is 8.60. The number of aromatic nitrogens is 3. The molecule has 0 aliphatic rings. The van der Waals surface area contributed by atoms with Crippen LogP contribution in [0.4, 0.5) is 4.39 Å². The summed E-state index contributed by atoms with van der Waals surface area (Å²) in [4.78, 5) is 17.0. The summed E-state index contributed by atoms with van der Waals surface area (Å²) in [6.07, 6.45) is 5.40. The van der Waals surface area contributed by atoms with Crippen molar-refractivity contribution in [3.8, 4) is 12.3 Å². The third-order valence-electron chi connectivity index (χ3n) is 3.73. The van der Waals surface area contributed by atoms with Crippen LogP contribution in [0.25, 0.3) is 10.2 Å². The first-order chi connectivity index (χ1) is 11.9. The standard InChI is InChI=1S/C18H17FN4OS/c1-5-9-22-16-13(19)7-6-8-15(16)25-18(22)20-17(24)14-10-12(4)23(21-14)11(2)3/h1,6-8,10-11H,9H2,2-4H3. The van der Waals surface area contributed by atoms with Gasteiger partial charge in [0.1, 0.15) is 5.82 Å². The minimum Gasteiger partial charge on any atom is -0.302 e. The monoisotopic (exact) mass is 356 g/mol. The van der Waals surface area contributed by atoms with E-state index in [-0.39, 0.29) is 18.3 Å². The van der Waals surface area contributed by atoms with Gasteiger partial charge in [0.2, 0.25) is 0 Å². The molecule has 7 heteroatoms. The van der Waals surface area contributed by atoms with Crippen molar-refractivity contribution in [1.82, 2.24) is 14.3 Å². The Hall–Kier alpha value is -2.72. The van der Waals surface area contributed by atoms with E-state index in [9.17, 15) is 9.18 Å². The number of fused-ring (bicyclic) bond motifs is 1. The van der Waals surface area contributed by atoms with Crippen LogP contribution in [0.3, 0.4) is 0 Å². The second-order valence-electron chi connectivity index (χ2n) is 5.89. The van der Waals surface area contributed by atoms with Gasteiger partial charge in [-0.2, -0.15) is 10.1 Å². The van der Waals surface area contributed by atoms with Gasteiger partial charge in [0, 0.05) is 11.7 Å². The first-order valence-electron chi connectivity index (χ1n) is 7.79. The molecule has 0 aliphatic heterocycles. The molecule has 2 heterocycles. The van der Waals surface area contributed by atoms with Crippen molar-refractivity contribution < 1.29 is 9.18 Å². The fourth-order valence-electron chi connectivity index (χ4n) is 2.67. The van der Waals surface area contributed by atoms with Gasteiger partial charge < -0.3 is 4.57 Å². The van der Waals surface area contributed by atoms with Gasteiger partial charge in [0.25, 0.3) is 5.91 Å². The van der Waals surface area contributed by atoms with Gasteiger partial charge in [-0.05, 0) is 39.0 Å². The lowest BCUT2D eigenvalue weighted by atomic mass is 10.3. The Morgan fingerprint density at radius 1 is 1.48 bits per heavy atom. The maximum Gasteiger partial charge on any atom is 0.300 e. The van der Waals surface area contributed by atoms with E-state index in [2.05, 4.69) is 16.0 Å². The summed E-state index contributed by atoms with van der Waals surface area (Å²) in [5.74, 6) is 1.62. The van der Waals surface area contributed by atoms with Crippen LogP contribution in [0, 0.1) is 25.1 Å². The molecule has 0 spiro atoms. The van der Waals surface area contributed by atoms with Crippen molar-refractivity contribution in [2.45, 2.75) is 33.4 Å². The predicted octanol–water partition coefficient (Wildman–Crippen LogP) is 3.30. The van der Waals surface area contributed by atoms with Gasteiger partial charge in [0.15, 0.2) is 10.5 Å². The van der Waals surface area contributed by atoms with Crippen LogP contribution in [0.1, 0.15) is 36.1 Å². The van der Waals surface area contributed by atoms with Gasteiger partial charge in [-0.25, -0.2) is 4.39 Å². The van der Waals surface area contributed by atoms with Gasteiger partial charge >= 0.3 is 0 Å². The summed E-state index contributed by atoms with van der Waals surface area (Å²) < 4.78 is 18.2. The van der Waals surface area contributed by atoms with Crippen molar-refractivity contribution >= 4 is 27.5 Å². The maximum absolute atomic E-state index is 14.2. The minimum absolute atomic E-state index is 0.131. The average Bonchev–Trinajstić information content (AvgIpc) is 3.10. The third-order valence-corrected chi connectivity index (χ3v) is 4.77. The van der Waals surface area contributed by atoms with Gasteiger partial charge in [-0.1, -0.05) is 23.3 Å². The molecule has 2 aromatic heterocycles. The molecule has 0 fully saturated rings. The van der Waals surface area contributed by atoms with E-state index in [4.69, 9.17) is 6.42 Å². The number of hydrogen-bond acceptors (Lipinski definition) is 3. The molecule has 0 aliphatic carbocycles. The Balaban J connectivity index is 2.14. The van der Waals surface area contributed by atoms with E-state index in [1.807, 2.05) is 20.8 Å². The van der Waals surface area contributed by atoms with Crippen molar-refractivity contribution in [1.29, 1.82) is 0 Å². The number of hydrogen-bond donors (Lipinski definition) is 0. The Kier molecular flexibility index (Phi) is 4.55. The zero-order valence-corrected chi connectivity index (χ0v) is 15.0. The zero-order chi connectivity index (χ0) is 18.1. The highest BCUT2D eigenvalue weighted by molar-refractivity contribution is 7.16. The molecule has 128 valence electrons. The van der Waals surface area contributed by atoms with E-state index in [0.717, 1.165) is 5.69 Å². The number of carbonyl (C=O) groups is 1. The molecule has 3 rings (SSSR count). The summed E-state index contributed by atoms with van der Waals surface area (Å²) in [5, 5.41) is 4.31. The lowest BCUT2D eigenvalue weighted by molar-refractivity contribution is 0.0992. The van der Waals surface area contributed by atoms with Crippen LogP contribution in [0.2, 0.25) is 0 Å². The van der Waals surface area contributed by atoms with Gasteiger partial charge in [-0.3, -0.25) is 9.48 Å². The van der Waals surface area contributed by atoms with Crippen molar-refractivity contribution in [3.63, 3.8) is 0 Å². The molecule has 1 aromatic carbocycles. The Labute approximate surface area is 148 Å². The lowest BCUT2D eigenvalue weighted by Crippen LogP contribution is -2.17. The molecule has 5 nitrogen and oxygen atoms in total. The highest BCUT2D eigenvalue weighted by atomic mass is 32.1. The van der Waals surface area contributed by atoms with Crippen molar-refractivity contribution in [2.24, 2.45) is 4.99 Å². The minimum atomic E-state index is -0.472. The largest absolute Gasteiger partial charge is 0.302 e. The second kappa shape index (κ2) is 6.65. The van der Waals surface area contributed by atoms with E-state index < -0.39 is 11.7 Å². The molecule has 0 saturated carbocycles. The number of para-hydroxylation sites is 1. The summed E-state index contributed by atoms with van der Waals surface area (Å²) in [6.45, 7) is 5.99. The maximum atomic E-state index is 14.2. The molecule has 0 radical (unpaired) electrons. The highest BCUT2D eigenvalue weighted by Crippen LogP contribution is 2.20. The van der Waals surface area contributed by atoms with Crippen LogP contribution in [-0.2, 0) is 6.54 Å². The van der Waals surface area contributed by atoms with E-state index >= 15 is 0 Å². The van der Waals surface area contributed by atoms with E-state index in [0.29, 0.717) is 15.0 Å². The van der Waals surface area contributed by atoms with Gasteiger partial charge in [0.05, 0.1) is 16.8 Å². The van der Waals surface area contributed by atoms with Crippen LogP contribution in [-0.4, -0.2) is 20.3 Å². The van der Waals surface area contributed by atoms with Crippen LogP contribution in [0.5, 0.6) is 0 Å². The smallest absolute Gasteiger partial charge is 0.300 e. The van der Waals surface area contributed by atoms with Crippen LogP contribution < -0.4 is 4.80 Å². The van der Waals surface area contributed by atoms with Crippen molar-refractivity contribution in [2.75, 3.05) is 0 Å². The summed E-state index contributed by atoms with van der Waals surface area (Å²) >= 11 is 1.22. The average molecular weight is 356 g/mol. The Bertz CT molecular complexity index is 1070. The number of nitrogens with zero attached hydrogens (tertiary/aromatic N) is 4. The molecule has 3 aromatic rings. The summed E-state index contributed by atoms with van der Waals surface area (Å²) in [7, 11) is 0. The number of amides is 1. The Morgan fingerprint density at radius 2 is 2.24 bits per heavy atom. The molecular formula is C18H17FN4OS. The number of rotatable bonds is 3. The predicted molar refractivity (Wildman–Crippen MR) is 95.8 cm³/mol. The Morgan fingerprint density at radius 3 is 2.88 bits per heavy atom. The quantitative estimate of drug-likeness (QED) is 0.676. The highest BCUT2D eigenvalue weighted by Gasteiger charge is 2.15. The fraction of sp³-hybridized carbons (Fsp3) is 0.278. The molecule has 1 amide bonds. The van der Waals surface area contributed by atoms with E-state index in [1.165, 1.54) is 17.4 Å².